The molecule has 5 heteroatoms. The zero-order chi connectivity index (χ0) is 12.7. The van der Waals surface area contributed by atoms with E-state index in [0.717, 1.165) is 11.3 Å². The Bertz CT molecular complexity index is 423. The molecule has 0 spiro atoms. The Morgan fingerprint density at radius 2 is 2.24 bits per heavy atom. The zero-order valence-corrected chi connectivity index (χ0v) is 10.5. The second-order valence-corrected chi connectivity index (χ2v) is 4.35. The van der Waals surface area contributed by atoms with E-state index in [9.17, 15) is 9.59 Å². The highest BCUT2D eigenvalue weighted by Crippen LogP contribution is 2.19. The van der Waals surface area contributed by atoms with E-state index in [2.05, 4.69) is 4.74 Å². The maximum Gasteiger partial charge on any atom is 0.380 e. The summed E-state index contributed by atoms with van der Waals surface area (Å²) in [5.41, 5.74) is 5.36. The fraction of sp³-hybridized carbons (Fsp3) is 0.333. The van der Waals surface area contributed by atoms with Gasteiger partial charge in [0.25, 0.3) is 5.78 Å². The fourth-order valence-electron chi connectivity index (χ4n) is 1.16. The maximum absolute atomic E-state index is 11.6. The van der Waals surface area contributed by atoms with Gasteiger partial charge in [-0.05, 0) is 38.1 Å². The zero-order valence-electron chi connectivity index (χ0n) is 9.64. The Kier molecular flexibility index (Phi) is 5.59. The first-order valence-corrected chi connectivity index (χ1v) is 6.18. The molecule has 17 heavy (non-hydrogen) atoms. The van der Waals surface area contributed by atoms with Gasteiger partial charge in [-0.1, -0.05) is 6.08 Å². The quantitative estimate of drug-likeness (QED) is 0.477. The summed E-state index contributed by atoms with van der Waals surface area (Å²) >= 11 is 1.27. The standard InChI is InChI=1S/C12H15NO3S/c1-2-16-12(15)11(14)10-7-6-9(17-10)5-3-4-8-13/h3,5-7H,2,4,8,13H2,1H3. The van der Waals surface area contributed by atoms with Crippen LogP contribution in [0, 0.1) is 0 Å². The van der Waals surface area contributed by atoms with E-state index >= 15 is 0 Å². The Morgan fingerprint density at radius 3 is 2.88 bits per heavy atom. The molecular formula is C12H15NO3S. The molecular weight excluding hydrogens is 238 g/mol. The van der Waals surface area contributed by atoms with Crippen molar-refractivity contribution in [1.29, 1.82) is 0 Å². The van der Waals surface area contributed by atoms with Crippen LogP contribution in [-0.2, 0) is 9.53 Å². The lowest BCUT2D eigenvalue weighted by molar-refractivity contribution is -0.137. The highest BCUT2D eigenvalue weighted by molar-refractivity contribution is 7.15. The summed E-state index contributed by atoms with van der Waals surface area (Å²) in [4.78, 5) is 24.1. The van der Waals surface area contributed by atoms with Gasteiger partial charge in [0.1, 0.15) is 0 Å². The topological polar surface area (TPSA) is 69.4 Å². The molecule has 0 unspecified atom stereocenters. The van der Waals surface area contributed by atoms with Crippen LogP contribution < -0.4 is 5.73 Å². The lowest BCUT2D eigenvalue weighted by atomic mass is 10.3. The number of nitrogens with two attached hydrogens (primary N) is 1. The summed E-state index contributed by atoms with van der Waals surface area (Å²) in [6.45, 7) is 2.47. The molecule has 0 aliphatic rings. The molecule has 0 fully saturated rings. The van der Waals surface area contributed by atoms with Gasteiger partial charge in [-0.25, -0.2) is 4.79 Å². The molecule has 0 amide bonds. The van der Waals surface area contributed by atoms with Crippen molar-refractivity contribution in [3.63, 3.8) is 0 Å². The molecule has 1 heterocycles. The number of rotatable bonds is 6. The minimum atomic E-state index is -0.799. The molecule has 0 saturated carbocycles. The van der Waals surface area contributed by atoms with Crippen LogP contribution in [0.15, 0.2) is 18.2 Å². The molecule has 0 aromatic carbocycles. The molecule has 1 rings (SSSR count). The first-order valence-electron chi connectivity index (χ1n) is 5.37. The smallest absolute Gasteiger partial charge is 0.380 e. The van der Waals surface area contributed by atoms with Gasteiger partial charge >= 0.3 is 5.97 Å². The van der Waals surface area contributed by atoms with Gasteiger partial charge in [0.15, 0.2) is 0 Å². The number of hydrogen-bond acceptors (Lipinski definition) is 5. The van der Waals surface area contributed by atoms with Crippen molar-refractivity contribution in [1.82, 2.24) is 0 Å². The molecule has 0 bridgehead atoms. The fourth-order valence-corrected chi connectivity index (χ4v) is 2.02. The van der Waals surface area contributed by atoms with Crippen LogP contribution >= 0.6 is 11.3 Å². The second kappa shape index (κ2) is 6.98. The summed E-state index contributed by atoms with van der Waals surface area (Å²) < 4.78 is 4.65. The summed E-state index contributed by atoms with van der Waals surface area (Å²) in [7, 11) is 0. The average molecular weight is 253 g/mol. The average Bonchev–Trinajstić information content (AvgIpc) is 2.77. The molecule has 0 saturated heterocycles. The van der Waals surface area contributed by atoms with Crippen LogP contribution in [-0.4, -0.2) is 24.9 Å². The van der Waals surface area contributed by atoms with Gasteiger partial charge < -0.3 is 10.5 Å². The number of esters is 1. The third-order valence-electron chi connectivity index (χ3n) is 1.93. The highest BCUT2D eigenvalue weighted by atomic mass is 32.1. The Balaban J connectivity index is 2.67. The van der Waals surface area contributed by atoms with E-state index in [0.29, 0.717) is 11.4 Å². The molecule has 4 nitrogen and oxygen atoms in total. The molecule has 2 N–H and O–H groups in total. The van der Waals surface area contributed by atoms with E-state index in [-0.39, 0.29) is 6.61 Å². The summed E-state index contributed by atoms with van der Waals surface area (Å²) in [5, 5.41) is 0. The number of ether oxygens (including phenoxy) is 1. The first kappa shape index (κ1) is 13.6. The largest absolute Gasteiger partial charge is 0.460 e. The van der Waals surface area contributed by atoms with Gasteiger partial charge in [-0.2, -0.15) is 0 Å². The summed E-state index contributed by atoms with van der Waals surface area (Å²) in [5.74, 6) is -1.39. The molecule has 1 aromatic rings. The lowest BCUT2D eigenvalue weighted by Crippen LogP contribution is -2.16. The minimum absolute atomic E-state index is 0.208. The van der Waals surface area contributed by atoms with Crippen LogP contribution in [0.4, 0.5) is 0 Å². The molecule has 0 aliphatic carbocycles. The maximum atomic E-state index is 11.6. The predicted octanol–water partition coefficient (Wildman–Crippen LogP) is 1.86. The number of carbonyl (C=O) groups excluding carboxylic acids is 2. The van der Waals surface area contributed by atoms with Gasteiger partial charge in [0, 0.05) is 4.88 Å². The third kappa shape index (κ3) is 4.13. The Labute approximate surface area is 104 Å². The normalized spacial score (nSPS) is 10.7. The van der Waals surface area contributed by atoms with Crippen LogP contribution in [0.1, 0.15) is 27.9 Å². The Hall–Kier alpha value is -1.46. The lowest BCUT2D eigenvalue weighted by Gasteiger charge is -1.97. The molecule has 0 atom stereocenters. The second-order valence-electron chi connectivity index (χ2n) is 3.23. The van der Waals surface area contributed by atoms with E-state index in [4.69, 9.17) is 5.73 Å². The molecule has 1 aromatic heterocycles. The number of ketones is 1. The van der Waals surface area contributed by atoms with Gasteiger partial charge in [0.2, 0.25) is 0 Å². The van der Waals surface area contributed by atoms with Crippen molar-refractivity contribution in [2.45, 2.75) is 13.3 Å². The van der Waals surface area contributed by atoms with Gasteiger partial charge in [-0.15, -0.1) is 11.3 Å². The number of hydrogen-bond donors (Lipinski definition) is 1. The molecule has 92 valence electrons. The SMILES string of the molecule is CCOC(=O)C(=O)c1ccc(C=CCCN)s1. The first-order chi connectivity index (χ1) is 8.19. The van der Waals surface area contributed by atoms with E-state index in [1.807, 2.05) is 12.2 Å². The van der Waals surface area contributed by atoms with Crippen LogP contribution in [0.25, 0.3) is 6.08 Å². The van der Waals surface area contributed by atoms with Crippen molar-refractivity contribution < 1.29 is 14.3 Å². The van der Waals surface area contributed by atoms with E-state index < -0.39 is 11.8 Å². The van der Waals surface area contributed by atoms with E-state index in [1.54, 1.807) is 19.1 Å². The third-order valence-corrected chi connectivity index (χ3v) is 2.98. The number of thiophene rings is 1. The summed E-state index contributed by atoms with van der Waals surface area (Å²) in [6.07, 6.45) is 4.61. The Morgan fingerprint density at radius 1 is 1.47 bits per heavy atom. The van der Waals surface area contributed by atoms with Crippen LogP contribution in [0.3, 0.4) is 0 Å². The van der Waals surface area contributed by atoms with Crippen molar-refractivity contribution in [2.24, 2.45) is 5.73 Å². The number of carbonyl (C=O) groups is 2. The van der Waals surface area contributed by atoms with Crippen molar-refractivity contribution >= 4 is 29.2 Å². The van der Waals surface area contributed by atoms with Crippen LogP contribution in [0.5, 0.6) is 0 Å². The summed E-state index contributed by atoms with van der Waals surface area (Å²) in [6, 6.07) is 3.43. The van der Waals surface area contributed by atoms with Gasteiger partial charge in [-0.3, -0.25) is 4.79 Å². The van der Waals surface area contributed by atoms with Crippen molar-refractivity contribution in [3.05, 3.63) is 28.0 Å². The number of Topliss-reactive ketones (excluding diaryl/α,β-unsaturated/α-hetero) is 1. The monoisotopic (exact) mass is 253 g/mol. The predicted molar refractivity (Wildman–Crippen MR) is 68.0 cm³/mol. The van der Waals surface area contributed by atoms with Crippen molar-refractivity contribution in [3.8, 4) is 0 Å². The highest BCUT2D eigenvalue weighted by Gasteiger charge is 2.18. The molecule has 0 aliphatic heterocycles. The minimum Gasteiger partial charge on any atom is -0.460 e. The molecule has 0 radical (unpaired) electrons. The van der Waals surface area contributed by atoms with Crippen molar-refractivity contribution in [2.75, 3.05) is 13.2 Å². The van der Waals surface area contributed by atoms with Crippen LogP contribution in [0.2, 0.25) is 0 Å². The van der Waals surface area contributed by atoms with E-state index in [1.165, 1.54) is 11.3 Å². The van der Waals surface area contributed by atoms with Gasteiger partial charge in [0.05, 0.1) is 11.5 Å².